The molecule has 1 fully saturated rings. The number of nitrogens with one attached hydrogen (secondary N) is 1. The highest BCUT2D eigenvalue weighted by Crippen LogP contribution is 2.57. The predicted molar refractivity (Wildman–Crippen MR) is 133 cm³/mol. The zero-order valence-corrected chi connectivity index (χ0v) is 22.3. The minimum absolute atomic E-state index is 0.0361. The van der Waals surface area contributed by atoms with E-state index in [0.717, 1.165) is 16.2 Å². The molecule has 4 rings (SSSR count). The number of anilines is 1. The summed E-state index contributed by atoms with van der Waals surface area (Å²) >= 11 is 0. The van der Waals surface area contributed by atoms with Gasteiger partial charge in [0.1, 0.15) is 31.7 Å². The van der Waals surface area contributed by atoms with E-state index in [2.05, 4.69) is 19.1 Å². The van der Waals surface area contributed by atoms with E-state index in [4.69, 9.17) is 4.74 Å². The van der Waals surface area contributed by atoms with Crippen LogP contribution in [0.3, 0.4) is 0 Å². The molecule has 0 aliphatic carbocycles. The third kappa shape index (κ3) is 7.06. The van der Waals surface area contributed by atoms with Crippen LogP contribution in [0.15, 0.2) is 59.5 Å². The Bertz CT molecular complexity index is 1510. The number of aromatic nitrogens is 2. The first-order valence-corrected chi connectivity index (χ1v) is 14.9. The standard InChI is InChI=1S/C23H27N3O11P2/c1-2-19(27)24-18-10-11-26(23(30)25-18)22-21(29)20(28)17(36-22)12-35-39(33,34)37-38(31,32)13-15-8-5-7-14-6-3-4-9-16(14)15/h3-11,17,20-22,28-29H,2,12-13H2,1H3,(H,31,32)(H,33,34)(H,24,25,27,30)/p-2/t17-,20+,21?,22-/m1/s1. The highest BCUT2D eigenvalue weighted by molar-refractivity contribution is 7.62. The molecule has 2 aromatic carbocycles. The summed E-state index contributed by atoms with van der Waals surface area (Å²) in [4.78, 5) is 52.4. The summed E-state index contributed by atoms with van der Waals surface area (Å²) in [6.07, 6.45) is -5.78. The van der Waals surface area contributed by atoms with E-state index in [-0.39, 0.29) is 18.1 Å². The van der Waals surface area contributed by atoms with Crippen LogP contribution in [0.4, 0.5) is 5.82 Å². The maximum atomic E-state index is 12.5. The van der Waals surface area contributed by atoms with Crippen LogP contribution in [0.1, 0.15) is 25.1 Å². The summed E-state index contributed by atoms with van der Waals surface area (Å²) in [5.74, 6) is -0.417. The van der Waals surface area contributed by atoms with Crippen LogP contribution in [-0.4, -0.2) is 50.6 Å². The minimum atomic E-state index is -5.45. The average Bonchev–Trinajstić information content (AvgIpc) is 3.15. The van der Waals surface area contributed by atoms with Crippen molar-refractivity contribution in [2.75, 3.05) is 11.9 Å². The number of hydrogen-bond donors (Lipinski definition) is 3. The van der Waals surface area contributed by atoms with Crippen LogP contribution in [0.25, 0.3) is 10.8 Å². The van der Waals surface area contributed by atoms with E-state index in [9.17, 15) is 38.7 Å². The molecule has 3 unspecified atom stereocenters. The molecule has 0 saturated carbocycles. The quantitative estimate of drug-likeness (QED) is 0.281. The fourth-order valence-electron chi connectivity index (χ4n) is 4.01. The molecule has 3 N–H and O–H groups in total. The molecule has 1 aliphatic rings. The first kappa shape index (κ1) is 29.2. The van der Waals surface area contributed by atoms with Gasteiger partial charge in [-0.2, -0.15) is 4.98 Å². The van der Waals surface area contributed by atoms with Crippen molar-refractivity contribution in [1.82, 2.24) is 9.55 Å². The summed E-state index contributed by atoms with van der Waals surface area (Å²) in [6.45, 7) is 0.687. The van der Waals surface area contributed by atoms with Gasteiger partial charge in [-0.15, -0.1) is 0 Å². The van der Waals surface area contributed by atoms with Crippen LogP contribution < -0.4 is 20.8 Å². The van der Waals surface area contributed by atoms with Crippen molar-refractivity contribution in [1.29, 1.82) is 0 Å². The Hall–Kier alpha value is -2.77. The lowest BCUT2D eigenvalue weighted by atomic mass is 10.1. The van der Waals surface area contributed by atoms with Gasteiger partial charge in [-0.1, -0.05) is 49.4 Å². The SMILES string of the molecule is CCC(=O)Nc1ccn([C@@H]2O[C@H](COP(=O)([O-])OP(=O)([O-])Cc3cccc4ccccc34)[C@H](O)C2O)c(=O)n1. The number of amides is 1. The van der Waals surface area contributed by atoms with Gasteiger partial charge in [-0.05, 0) is 22.4 Å². The molecule has 16 heteroatoms. The largest absolute Gasteiger partial charge is 0.778 e. The van der Waals surface area contributed by atoms with Crippen molar-refractivity contribution in [3.63, 3.8) is 0 Å². The van der Waals surface area contributed by atoms with Gasteiger partial charge in [-0.3, -0.25) is 18.2 Å². The monoisotopic (exact) mass is 581 g/mol. The molecule has 0 bridgehead atoms. The van der Waals surface area contributed by atoms with Gasteiger partial charge in [0, 0.05) is 18.8 Å². The molecule has 6 atom stereocenters. The highest BCUT2D eigenvalue weighted by Gasteiger charge is 2.44. The highest BCUT2D eigenvalue weighted by atomic mass is 31.3. The van der Waals surface area contributed by atoms with Gasteiger partial charge >= 0.3 is 5.69 Å². The van der Waals surface area contributed by atoms with Crippen LogP contribution in [0.5, 0.6) is 0 Å². The number of nitrogens with zero attached hydrogens (tertiary/aromatic N) is 2. The second kappa shape index (κ2) is 11.8. The van der Waals surface area contributed by atoms with Crippen LogP contribution >= 0.6 is 15.4 Å². The molecule has 39 heavy (non-hydrogen) atoms. The van der Waals surface area contributed by atoms with Gasteiger partial charge < -0.3 is 39.1 Å². The number of rotatable bonds is 10. The minimum Gasteiger partial charge on any atom is -0.778 e. The number of fused-ring (bicyclic) bond motifs is 1. The lowest BCUT2D eigenvalue weighted by Crippen LogP contribution is -2.36. The smallest absolute Gasteiger partial charge is 0.351 e. The van der Waals surface area contributed by atoms with Crippen molar-refractivity contribution in [2.45, 2.75) is 44.0 Å². The summed E-state index contributed by atoms with van der Waals surface area (Å²) in [7, 11) is -10.5. The average molecular weight is 581 g/mol. The fourth-order valence-corrected chi connectivity index (χ4v) is 6.67. The molecule has 1 amide bonds. The Kier molecular flexibility index (Phi) is 8.82. The number of phosphoric acid groups is 1. The van der Waals surface area contributed by atoms with Gasteiger partial charge in [0.05, 0.1) is 6.61 Å². The molecule has 0 radical (unpaired) electrons. The number of carbonyl (C=O) groups excluding carboxylic acids is 1. The molecule has 1 aliphatic heterocycles. The number of phosphoric ester groups is 1. The number of hydrogen-bond acceptors (Lipinski definition) is 12. The Morgan fingerprint density at radius 1 is 1.13 bits per heavy atom. The van der Waals surface area contributed by atoms with Gasteiger partial charge in [0.2, 0.25) is 5.91 Å². The summed E-state index contributed by atoms with van der Waals surface area (Å²) in [6, 6.07) is 13.1. The van der Waals surface area contributed by atoms with Crippen LogP contribution in [0.2, 0.25) is 0 Å². The third-order valence-corrected chi connectivity index (χ3v) is 8.88. The molecule has 1 saturated heterocycles. The summed E-state index contributed by atoms with van der Waals surface area (Å²) < 4.78 is 40.1. The van der Waals surface area contributed by atoms with Crippen molar-refractivity contribution < 1.29 is 47.5 Å². The third-order valence-electron chi connectivity index (χ3n) is 5.90. The lowest BCUT2D eigenvalue weighted by Gasteiger charge is -2.32. The van der Waals surface area contributed by atoms with E-state index in [1.807, 2.05) is 0 Å². The topological polar surface area (TPSA) is 212 Å². The van der Waals surface area contributed by atoms with Crippen molar-refractivity contribution in [2.24, 2.45) is 0 Å². The predicted octanol–water partition coefficient (Wildman–Crippen LogP) is 0.619. The Balaban J connectivity index is 1.39. The summed E-state index contributed by atoms with van der Waals surface area (Å²) in [5, 5.41) is 24.4. The summed E-state index contributed by atoms with van der Waals surface area (Å²) in [5.41, 5.74) is -0.605. The maximum Gasteiger partial charge on any atom is 0.351 e. The normalized spacial score (nSPS) is 24.2. The molecular formula is C23H25N3O11P2-2. The van der Waals surface area contributed by atoms with E-state index in [1.165, 1.54) is 12.1 Å². The van der Waals surface area contributed by atoms with Gasteiger partial charge in [-0.25, -0.2) is 4.79 Å². The Labute approximate surface area is 222 Å². The second-order valence-electron chi connectivity index (χ2n) is 8.68. The molecule has 1 aromatic heterocycles. The number of ether oxygens (including phenoxy) is 1. The number of benzene rings is 2. The first-order chi connectivity index (χ1) is 18.4. The Morgan fingerprint density at radius 3 is 2.56 bits per heavy atom. The molecule has 210 valence electrons. The zero-order chi connectivity index (χ0) is 28.4. The fraction of sp³-hybridized carbons (Fsp3) is 0.348. The molecule has 0 spiro atoms. The van der Waals surface area contributed by atoms with Crippen molar-refractivity contribution >= 4 is 37.9 Å². The first-order valence-electron chi connectivity index (χ1n) is 11.7. The van der Waals surface area contributed by atoms with E-state index in [1.54, 1.807) is 43.3 Å². The number of aliphatic hydroxyl groups is 2. The van der Waals surface area contributed by atoms with Crippen molar-refractivity contribution in [3.05, 3.63) is 70.8 Å². The van der Waals surface area contributed by atoms with E-state index >= 15 is 0 Å². The molecule has 3 aromatic rings. The maximum absolute atomic E-state index is 12.5. The van der Waals surface area contributed by atoms with Crippen LogP contribution in [-0.2, 0) is 33.7 Å². The van der Waals surface area contributed by atoms with E-state index < -0.39 is 58.4 Å². The molecule has 14 nitrogen and oxygen atoms in total. The van der Waals surface area contributed by atoms with Gasteiger partial charge in [0.25, 0.3) is 7.82 Å². The van der Waals surface area contributed by atoms with Crippen LogP contribution in [0, 0.1) is 0 Å². The zero-order valence-electron chi connectivity index (χ0n) is 20.5. The number of aliphatic hydroxyl groups excluding tert-OH is 2. The lowest BCUT2D eigenvalue weighted by molar-refractivity contribution is -0.234. The number of carbonyl (C=O) groups is 1. The molecular weight excluding hydrogens is 556 g/mol. The second-order valence-corrected chi connectivity index (χ2v) is 12.0. The van der Waals surface area contributed by atoms with Crippen molar-refractivity contribution in [3.8, 4) is 0 Å². The molecule has 2 heterocycles. The van der Waals surface area contributed by atoms with E-state index in [0.29, 0.717) is 10.9 Å². The Morgan fingerprint density at radius 2 is 1.85 bits per heavy atom. The van der Waals surface area contributed by atoms with Gasteiger partial charge in [0.15, 0.2) is 6.23 Å².